The maximum atomic E-state index is 12.2. The summed E-state index contributed by atoms with van der Waals surface area (Å²) in [5.74, 6) is 0.832. The molecule has 0 aromatic heterocycles. The van der Waals surface area contributed by atoms with E-state index in [1.54, 1.807) is 12.1 Å². The van der Waals surface area contributed by atoms with Crippen molar-refractivity contribution >= 4 is 15.9 Å². The van der Waals surface area contributed by atoms with Crippen LogP contribution in [0.2, 0.25) is 0 Å². The Kier molecular flexibility index (Phi) is 5.57. The van der Waals surface area contributed by atoms with Crippen LogP contribution in [-0.2, 0) is 34.2 Å². The summed E-state index contributed by atoms with van der Waals surface area (Å²) in [5.41, 5.74) is 5.23. The van der Waals surface area contributed by atoms with Gasteiger partial charge in [0.2, 0.25) is 15.9 Å². The van der Waals surface area contributed by atoms with Crippen LogP contribution in [-0.4, -0.2) is 20.9 Å². The highest BCUT2D eigenvalue weighted by Crippen LogP contribution is 2.30. The lowest BCUT2D eigenvalue weighted by molar-refractivity contribution is -0.120. The molecule has 1 heterocycles. The first-order chi connectivity index (χ1) is 14.4. The zero-order chi connectivity index (χ0) is 21.1. The number of sulfonamides is 1. The number of hydrogen-bond donors (Lipinski definition) is 2. The molecular formula is C23H22N2O4S. The van der Waals surface area contributed by atoms with Crippen LogP contribution in [0.3, 0.4) is 0 Å². The molecule has 7 heteroatoms. The number of amides is 1. The number of hydrogen-bond acceptors (Lipinski definition) is 4. The van der Waals surface area contributed by atoms with Crippen LogP contribution >= 0.6 is 0 Å². The number of rotatable bonds is 6. The standard InChI is InChI=1S/C23H22N2O4S/c24-30(27,28)21-8-3-16(4-9-21)13-23(26)25-15-17-1-5-18(6-2-17)19-7-10-22-20(14-19)11-12-29-22/h1-10,14H,11-13,15H2,(H,25,26)(H2,24,27,28). The van der Waals surface area contributed by atoms with Gasteiger partial charge in [0, 0.05) is 13.0 Å². The Labute approximate surface area is 175 Å². The predicted molar refractivity (Wildman–Crippen MR) is 114 cm³/mol. The van der Waals surface area contributed by atoms with Crippen molar-refractivity contribution in [3.8, 4) is 16.9 Å². The lowest BCUT2D eigenvalue weighted by Crippen LogP contribution is -2.24. The summed E-state index contributed by atoms with van der Waals surface area (Å²) in [7, 11) is -3.73. The minimum absolute atomic E-state index is 0.0302. The van der Waals surface area contributed by atoms with Gasteiger partial charge in [0.15, 0.2) is 0 Å². The van der Waals surface area contributed by atoms with Crippen molar-refractivity contribution in [2.45, 2.75) is 24.3 Å². The lowest BCUT2D eigenvalue weighted by atomic mass is 10.0. The molecule has 4 rings (SSSR count). The van der Waals surface area contributed by atoms with Gasteiger partial charge in [-0.2, -0.15) is 0 Å². The Bertz CT molecular complexity index is 1170. The third-order valence-corrected chi connectivity index (χ3v) is 6.01. The largest absolute Gasteiger partial charge is 0.493 e. The summed E-state index contributed by atoms with van der Waals surface area (Å²) in [6, 6.07) is 20.3. The molecule has 1 aliphatic rings. The van der Waals surface area contributed by atoms with Crippen LogP contribution in [0.5, 0.6) is 5.75 Å². The van der Waals surface area contributed by atoms with Crippen LogP contribution in [0, 0.1) is 0 Å². The van der Waals surface area contributed by atoms with E-state index in [9.17, 15) is 13.2 Å². The molecule has 0 saturated carbocycles. The molecule has 30 heavy (non-hydrogen) atoms. The maximum absolute atomic E-state index is 12.2. The van der Waals surface area contributed by atoms with Gasteiger partial charge < -0.3 is 10.1 Å². The number of nitrogens with one attached hydrogen (secondary N) is 1. The molecule has 0 aliphatic carbocycles. The number of carbonyl (C=O) groups is 1. The second-order valence-electron chi connectivity index (χ2n) is 7.26. The monoisotopic (exact) mass is 422 g/mol. The average Bonchev–Trinajstić information content (AvgIpc) is 3.20. The Morgan fingerprint density at radius 1 is 0.933 bits per heavy atom. The fourth-order valence-electron chi connectivity index (χ4n) is 3.43. The van der Waals surface area contributed by atoms with Gasteiger partial charge in [-0.1, -0.05) is 42.5 Å². The van der Waals surface area contributed by atoms with Crippen molar-refractivity contribution in [2.75, 3.05) is 6.61 Å². The molecule has 0 saturated heterocycles. The summed E-state index contributed by atoms with van der Waals surface area (Å²) in [5, 5.41) is 7.97. The predicted octanol–water partition coefficient (Wildman–Crippen LogP) is 2.79. The van der Waals surface area contributed by atoms with Gasteiger partial charge in [-0.25, -0.2) is 13.6 Å². The molecule has 0 fully saturated rings. The zero-order valence-electron chi connectivity index (χ0n) is 16.3. The van der Waals surface area contributed by atoms with E-state index >= 15 is 0 Å². The highest BCUT2D eigenvalue weighted by molar-refractivity contribution is 7.89. The van der Waals surface area contributed by atoms with E-state index in [2.05, 4.69) is 17.4 Å². The Balaban J connectivity index is 1.33. The van der Waals surface area contributed by atoms with Crippen LogP contribution in [0.1, 0.15) is 16.7 Å². The second kappa shape index (κ2) is 8.30. The highest BCUT2D eigenvalue weighted by atomic mass is 32.2. The number of fused-ring (bicyclic) bond motifs is 1. The molecule has 1 aliphatic heterocycles. The Hall–Kier alpha value is -3.16. The van der Waals surface area contributed by atoms with Gasteiger partial charge in [-0.3, -0.25) is 4.79 Å². The number of carbonyl (C=O) groups excluding carboxylic acids is 1. The quantitative estimate of drug-likeness (QED) is 0.638. The third kappa shape index (κ3) is 4.69. The minimum Gasteiger partial charge on any atom is -0.493 e. The van der Waals surface area contributed by atoms with E-state index in [-0.39, 0.29) is 17.2 Å². The molecular weight excluding hydrogens is 400 g/mol. The van der Waals surface area contributed by atoms with Crippen LogP contribution in [0.15, 0.2) is 71.6 Å². The Morgan fingerprint density at radius 3 is 2.30 bits per heavy atom. The van der Waals surface area contributed by atoms with Gasteiger partial charge >= 0.3 is 0 Å². The molecule has 3 N–H and O–H groups in total. The molecule has 0 spiro atoms. The summed E-state index contributed by atoms with van der Waals surface area (Å²) in [6.07, 6.45) is 1.11. The topological polar surface area (TPSA) is 98.5 Å². The SMILES string of the molecule is NS(=O)(=O)c1ccc(CC(=O)NCc2ccc(-c3ccc4c(c3)CCO4)cc2)cc1. The summed E-state index contributed by atoms with van der Waals surface area (Å²) >= 11 is 0. The van der Waals surface area contributed by atoms with Gasteiger partial charge in [0.25, 0.3) is 0 Å². The first kappa shape index (κ1) is 20.1. The first-order valence-corrected chi connectivity index (χ1v) is 11.2. The Morgan fingerprint density at radius 2 is 1.60 bits per heavy atom. The fourth-order valence-corrected chi connectivity index (χ4v) is 3.94. The van der Waals surface area contributed by atoms with E-state index in [0.29, 0.717) is 6.54 Å². The van der Waals surface area contributed by atoms with Crippen LogP contribution < -0.4 is 15.2 Å². The van der Waals surface area contributed by atoms with E-state index in [1.807, 2.05) is 30.3 Å². The van der Waals surface area contributed by atoms with Crippen molar-refractivity contribution in [3.63, 3.8) is 0 Å². The van der Waals surface area contributed by atoms with Crippen molar-refractivity contribution < 1.29 is 17.9 Å². The van der Waals surface area contributed by atoms with Crippen LogP contribution in [0.25, 0.3) is 11.1 Å². The number of nitrogens with two attached hydrogens (primary N) is 1. The number of ether oxygens (including phenoxy) is 1. The van der Waals surface area contributed by atoms with Crippen molar-refractivity contribution in [1.29, 1.82) is 0 Å². The zero-order valence-corrected chi connectivity index (χ0v) is 17.1. The molecule has 1 amide bonds. The fraction of sp³-hybridized carbons (Fsp3) is 0.174. The summed E-state index contributed by atoms with van der Waals surface area (Å²) < 4.78 is 28.1. The normalized spacial score (nSPS) is 12.8. The number of benzene rings is 3. The molecule has 0 atom stereocenters. The molecule has 3 aromatic rings. The van der Waals surface area contributed by atoms with Crippen molar-refractivity contribution in [2.24, 2.45) is 5.14 Å². The highest BCUT2D eigenvalue weighted by Gasteiger charge is 2.13. The maximum Gasteiger partial charge on any atom is 0.238 e. The van der Waals surface area contributed by atoms with Crippen LogP contribution in [0.4, 0.5) is 0 Å². The molecule has 3 aromatic carbocycles. The lowest BCUT2D eigenvalue weighted by Gasteiger charge is -2.08. The van der Waals surface area contributed by atoms with Gasteiger partial charge in [0.1, 0.15) is 5.75 Å². The van der Waals surface area contributed by atoms with E-state index < -0.39 is 10.0 Å². The summed E-state index contributed by atoms with van der Waals surface area (Å²) in [4.78, 5) is 12.2. The molecule has 154 valence electrons. The van der Waals surface area contributed by atoms with E-state index in [4.69, 9.17) is 9.88 Å². The van der Waals surface area contributed by atoms with E-state index in [1.165, 1.54) is 17.7 Å². The van der Waals surface area contributed by atoms with Gasteiger partial charge in [-0.05, 0) is 52.1 Å². The second-order valence-corrected chi connectivity index (χ2v) is 8.82. The first-order valence-electron chi connectivity index (χ1n) is 9.62. The number of primary sulfonamides is 1. The molecule has 0 unspecified atom stereocenters. The minimum atomic E-state index is -3.73. The summed E-state index contributed by atoms with van der Waals surface area (Å²) in [6.45, 7) is 1.17. The molecule has 0 radical (unpaired) electrons. The third-order valence-electron chi connectivity index (χ3n) is 5.08. The van der Waals surface area contributed by atoms with Gasteiger partial charge in [0.05, 0.1) is 17.9 Å². The van der Waals surface area contributed by atoms with Crippen molar-refractivity contribution in [3.05, 3.63) is 83.4 Å². The van der Waals surface area contributed by atoms with Gasteiger partial charge in [-0.15, -0.1) is 0 Å². The molecule has 0 bridgehead atoms. The smallest absolute Gasteiger partial charge is 0.238 e. The van der Waals surface area contributed by atoms with E-state index in [0.717, 1.165) is 41.0 Å². The average molecular weight is 423 g/mol. The van der Waals surface area contributed by atoms with Crippen molar-refractivity contribution in [1.82, 2.24) is 5.32 Å². The molecule has 6 nitrogen and oxygen atoms in total.